The van der Waals surface area contributed by atoms with Crippen molar-refractivity contribution in [2.45, 2.75) is 89.4 Å². The molecule has 0 radical (unpaired) electrons. The van der Waals surface area contributed by atoms with Gasteiger partial charge in [0, 0.05) is 24.0 Å². The van der Waals surface area contributed by atoms with Crippen molar-refractivity contribution in [1.29, 1.82) is 5.26 Å². The van der Waals surface area contributed by atoms with Crippen LogP contribution in [-0.4, -0.2) is 34.2 Å². The van der Waals surface area contributed by atoms with Gasteiger partial charge in [-0.15, -0.1) is 0 Å². The number of carbonyl (C=O) groups is 1. The minimum Gasteiger partial charge on any atom is -0.489 e. The average Bonchev–Trinajstić information content (AvgIpc) is 3.05. The molecule has 2 saturated heterocycles. The molecule has 5 heteroatoms. The fourth-order valence-corrected chi connectivity index (χ4v) is 6.45. The van der Waals surface area contributed by atoms with E-state index in [0.717, 1.165) is 61.8 Å². The van der Waals surface area contributed by atoms with E-state index in [4.69, 9.17) is 4.74 Å². The molecule has 2 atom stereocenters. The van der Waals surface area contributed by atoms with Crippen LogP contribution in [0.2, 0.25) is 0 Å². The van der Waals surface area contributed by atoms with Gasteiger partial charge in [0.1, 0.15) is 17.4 Å². The lowest BCUT2D eigenvalue weighted by atomic mass is 9.86. The van der Waals surface area contributed by atoms with Gasteiger partial charge < -0.3 is 9.84 Å². The summed E-state index contributed by atoms with van der Waals surface area (Å²) in [6.07, 6.45) is 9.74. The van der Waals surface area contributed by atoms with Gasteiger partial charge in [-0.1, -0.05) is 31.5 Å². The first kappa shape index (κ1) is 22.2. The Hall–Kier alpha value is -2.58. The molecule has 1 saturated carbocycles. The highest BCUT2D eigenvalue weighted by Crippen LogP contribution is 2.40. The van der Waals surface area contributed by atoms with Gasteiger partial charge in [-0.25, -0.2) is 0 Å². The number of benzene rings is 2. The third-order valence-electron chi connectivity index (χ3n) is 8.42. The summed E-state index contributed by atoms with van der Waals surface area (Å²) in [6, 6.07) is 13.6. The largest absolute Gasteiger partial charge is 0.489 e. The monoisotopic (exact) mass is 446 g/mol. The smallest absolute Gasteiger partial charge is 0.306 e. The van der Waals surface area contributed by atoms with Crippen LogP contribution < -0.4 is 4.74 Å². The van der Waals surface area contributed by atoms with E-state index < -0.39 is 5.97 Å². The molecule has 2 aliphatic heterocycles. The third kappa shape index (κ3) is 4.46. The highest BCUT2D eigenvalue weighted by Gasteiger charge is 2.42. The summed E-state index contributed by atoms with van der Waals surface area (Å²) in [6.45, 7) is 3.11. The second kappa shape index (κ2) is 9.35. The molecule has 2 unspecified atom stereocenters. The number of nitriles is 1. The number of aliphatic carboxylic acids is 1. The van der Waals surface area contributed by atoms with Crippen LogP contribution in [0.4, 0.5) is 0 Å². The summed E-state index contributed by atoms with van der Waals surface area (Å²) in [7, 11) is 0. The number of ether oxygens (including phenoxy) is 1. The molecule has 174 valence electrons. The van der Waals surface area contributed by atoms with Gasteiger partial charge in [-0.2, -0.15) is 5.26 Å². The first-order chi connectivity index (χ1) is 16.1. The third-order valence-corrected chi connectivity index (χ3v) is 8.42. The molecule has 3 aliphatic rings. The van der Waals surface area contributed by atoms with Gasteiger partial charge in [-0.05, 0) is 80.4 Å². The molecule has 5 nitrogen and oxygen atoms in total. The number of carboxylic acid groups (broad SMARTS) is 1. The standard InChI is InChI=1S/C28H34N2O3/c1-2-18-3-9-24(10-4-18)33-27-12-6-20-13-19(5-11-25(20)26(27)16-29)17-30-22-7-8-23(30)15-21(14-22)28(31)32/h5-6,11-13,18,21-24H,2-4,7-10,14-15,17H2,1H3,(H,31,32)/t18-,21?,22?,23?,24+. The van der Waals surface area contributed by atoms with Crippen molar-refractivity contribution in [2.75, 3.05) is 0 Å². The Morgan fingerprint density at radius 2 is 1.82 bits per heavy atom. The average molecular weight is 447 g/mol. The molecular weight excluding hydrogens is 412 g/mol. The number of nitrogens with zero attached hydrogens (tertiary/aromatic N) is 2. The van der Waals surface area contributed by atoms with Crippen LogP contribution in [-0.2, 0) is 11.3 Å². The zero-order valence-corrected chi connectivity index (χ0v) is 19.5. The number of carboxylic acids is 1. The highest BCUT2D eigenvalue weighted by molar-refractivity contribution is 5.90. The van der Waals surface area contributed by atoms with Crippen LogP contribution in [0.15, 0.2) is 30.3 Å². The molecule has 2 aromatic carbocycles. The van der Waals surface area contributed by atoms with Gasteiger partial charge in [0.05, 0.1) is 12.0 Å². The van der Waals surface area contributed by atoms with Gasteiger partial charge in [0.2, 0.25) is 0 Å². The van der Waals surface area contributed by atoms with Crippen LogP contribution in [0.5, 0.6) is 5.75 Å². The minimum absolute atomic E-state index is 0.191. The summed E-state index contributed by atoms with van der Waals surface area (Å²) in [4.78, 5) is 14.0. The van der Waals surface area contributed by atoms with Crippen molar-refractivity contribution in [1.82, 2.24) is 4.90 Å². The second-order valence-corrected chi connectivity index (χ2v) is 10.3. The van der Waals surface area contributed by atoms with E-state index in [-0.39, 0.29) is 12.0 Å². The normalized spacial score (nSPS) is 29.6. The molecule has 0 aromatic heterocycles. The number of hydrogen-bond donors (Lipinski definition) is 1. The van der Waals surface area contributed by atoms with Crippen LogP contribution in [0.25, 0.3) is 10.8 Å². The first-order valence-corrected chi connectivity index (χ1v) is 12.7. The maximum atomic E-state index is 11.5. The Balaban J connectivity index is 1.32. The van der Waals surface area contributed by atoms with Crippen molar-refractivity contribution < 1.29 is 14.6 Å². The lowest BCUT2D eigenvalue weighted by Crippen LogP contribution is -2.44. The Morgan fingerprint density at radius 1 is 1.09 bits per heavy atom. The van der Waals surface area contributed by atoms with E-state index in [0.29, 0.717) is 23.4 Å². The molecular formula is C28H34N2O3. The van der Waals surface area contributed by atoms with Crippen LogP contribution in [0.3, 0.4) is 0 Å². The van der Waals surface area contributed by atoms with Crippen LogP contribution in [0.1, 0.15) is 75.8 Å². The number of fused-ring (bicyclic) bond motifs is 3. The van der Waals surface area contributed by atoms with Crippen molar-refractivity contribution in [2.24, 2.45) is 11.8 Å². The maximum absolute atomic E-state index is 11.5. The molecule has 2 aromatic rings. The van der Waals surface area contributed by atoms with Crippen molar-refractivity contribution in [3.8, 4) is 11.8 Å². The SMILES string of the molecule is CC[C@H]1CC[C@@H](Oc2ccc3cc(CN4C5CCC4CC(C(=O)O)C5)ccc3c2C#N)CC1. The maximum Gasteiger partial charge on any atom is 0.306 e. The van der Waals surface area contributed by atoms with Crippen LogP contribution in [0, 0.1) is 23.2 Å². The summed E-state index contributed by atoms with van der Waals surface area (Å²) >= 11 is 0. The van der Waals surface area contributed by atoms with E-state index in [1.807, 2.05) is 6.07 Å². The van der Waals surface area contributed by atoms with Crippen LogP contribution >= 0.6 is 0 Å². The van der Waals surface area contributed by atoms with Gasteiger partial charge in [-0.3, -0.25) is 9.69 Å². The fourth-order valence-electron chi connectivity index (χ4n) is 6.45. The van der Waals surface area contributed by atoms with E-state index in [2.05, 4.69) is 42.2 Å². The highest BCUT2D eigenvalue weighted by atomic mass is 16.5. The zero-order valence-electron chi connectivity index (χ0n) is 19.5. The summed E-state index contributed by atoms with van der Waals surface area (Å²) in [5.74, 6) is 0.702. The minimum atomic E-state index is -0.641. The molecule has 5 rings (SSSR count). The lowest BCUT2D eigenvalue weighted by molar-refractivity contribution is -0.144. The topological polar surface area (TPSA) is 73.6 Å². The van der Waals surface area contributed by atoms with Gasteiger partial charge in [0.25, 0.3) is 0 Å². The number of hydrogen-bond acceptors (Lipinski definition) is 4. The lowest BCUT2D eigenvalue weighted by Gasteiger charge is -2.37. The molecule has 33 heavy (non-hydrogen) atoms. The van der Waals surface area contributed by atoms with Crippen molar-refractivity contribution in [3.05, 3.63) is 41.5 Å². The van der Waals surface area contributed by atoms with Gasteiger partial charge >= 0.3 is 5.97 Å². The van der Waals surface area contributed by atoms with E-state index in [1.165, 1.54) is 24.8 Å². The molecule has 2 bridgehead atoms. The van der Waals surface area contributed by atoms with E-state index >= 15 is 0 Å². The van der Waals surface area contributed by atoms with E-state index in [1.54, 1.807) is 0 Å². The predicted octanol–water partition coefficient (Wildman–Crippen LogP) is 5.89. The molecule has 0 amide bonds. The Kier molecular flexibility index (Phi) is 6.29. The Bertz CT molecular complexity index is 1050. The molecule has 2 heterocycles. The number of piperidine rings is 1. The zero-order chi connectivity index (χ0) is 22.9. The Labute approximate surface area is 196 Å². The number of rotatable bonds is 6. The predicted molar refractivity (Wildman–Crippen MR) is 128 cm³/mol. The Morgan fingerprint density at radius 3 is 2.45 bits per heavy atom. The van der Waals surface area contributed by atoms with Crippen molar-refractivity contribution >= 4 is 16.7 Å². The molecule has 0 spiro atoms. The molecule has 1 aliphatic carbocycles. The second-order valence-electron chi connectivity index (χ2n) is 10.3. The van der Waals surface area contributed by atoms with E-state index in [9.17, 15) is 15.2 Å². The summed E-state index contributed by atoms with van der Waals surface area (Å²) in [5.41, 5.74) is 1.86. The summed E-state index contributed by atoms with van der Waals surface area (Å²) < 4.78 is 6.32. The van der Waals surface area contributed by atoms with Gasteiger partial charge in [0.15, 0.2) is 0 Å². The fraction of sp³-hybridized carbons (Fsp3) is 0.571. The first-order valence-electron chi connectivity index (χ1n) is 12.7. The quantitative estimate of drug-likeness (QED) is 0.599. The summed E-state index contributed by atoms with van der Waals surface area (Å²) in [5, 5.41) is 21.4. The molecule has 1 N–H and O–H groups in total. The van der Waals surface area contributed by atoms with Crippen molar-refractivity contribution in [3.63, 3.8) is 0 Å². The molecule has 3 fully saturated rings.